The summed E-state index contributed by atoms with van der Waals surface area (Å²) in [4.78, 5) is 28.1. The number of carbonyl (C=O) groups is 2. The zero-order valence-corrected chi connectivity index (χ0v) is 12.2. The molecule has 5 heteroatoms. The number of esters is 2. The van der Waals surface area contributed by atoms with Crippen molar-refractivity contribution in [2.45, 2.75) is 33.6 Å². The number of aromatic nitrogens is 1. The zero-order chi connectivity index (χ0) is 14.7. The van der Waals surface area contributed by atoms with Crippen molar-refractivity contribution in [1.29, 1.82) is 0 Å². The molecule has 1 heterocycles. The van der Waals surface area contributed by atoms with Crippen molar-refractivity contribution in [3.8, 4) is 0 Å². The molecule has 5 nitrogen and oxygen atoms in total. The summed E-state index contributed by atoms with van der Waals surface area (Å²) in [5, 5.41) is 0. The molecule has 1 aromatic rings. The number of hydrogen-bond donors (Lipinski definition) is 0. The lowest BCUT2D eigenvalue weighted by atomic mass is 9.90. The van der Waals surface area contributed by atoms with Crippen LogP contribution in [0, 0.1) is 13.8 Å². The Morgan fingerprint density at radius 2 is 1.32 bits per heavy atom. The maximum absolute atomic E-state index is 11.9. The number of nitrogens with zero attached hydrogens (tertiary/aromatic N) is 1. The highest BCUT2D eigenvalue weighted by atomic mass is 16.5. The van der Waals surface area contributed by atoms with Crippen LogP contribution in [0.25, 0.3) is 0 Å². The van der Waals surface area contributed by atoms with Gasteiger partial charge in [0.1, 0.15) is 0 Å². The van der Waals surface area contributed by atoms with Crippen LogP contribution >= 0.6 is 0 Å². The molecule has 1 rings (SSSR count). The molecule has 0 aliphatic rings. The molecular formula is C14H19NO4. The van der Waals surface area contributed by atoms with Crippen LogP contribution < -0.4 is 0 Å². The van der Waals surface area contributed by atoms with E-state index in [-0.39, 0.29) is 5.92 Å². The van der Waals surface area contributed by atoms with E-state index in [0.717, 1.165) is 0 Å². The normalized spacial score (nSPS) is 10.5. The van der Waals surface area contributed by atoms with Crippen molar-refractivity contribution in [2.24, 2.45) is 0 Å². The Hall–Kier alpha value is -1.91. The van der Waals surface area contributed by atoms with Gasteiger partial charge in [-0.05, 0) is 25.3 Å². The topological polar surface area (TPSA) is 65.5 Å². The molecule has 0 atom stereocenters. The molecule has 1 aromatic heterocycles. The molecule has 0 aromatic carbocycles. The van der Waals surface area contributed by atoms with E-state index in [1.54, 1.807) is 13.8 Å². The average molecular weight is 265 g/mol. The predicted molar refractivity (Wildman–Crippen MR) is 70.5 cm³/mol. The Morgan fingerprint density at radius 3 is 1.58 bits per heavy atom. The van der Waals surface area contributed by atoms with E-state index in [4.69, 9.17) is 9.47 Å². The number of carbonyl (C=O) groups excluding carboxylic acids is 2. The first-order valence-corrected chi connectivity index (χ1v) is 6.02. The first kappa shape index (κ1) is 15.1. The average Bonchev–Trinajstić information content (AvgIpc) is 2.36. The van der Waals surface area contributed by atoms with Gasteiger partial charge < -0.3 is 9.47 Å². The van der Waals surface area contributed by atoms with Crippen molar-refractivity contribution in [1.82, 2.24) is 4.98 Å². The Bertz CT molecular complexity index is 480. The molecule has 0 bridgehead atoms. The molecule has 0 aliphatic carbocycles. The lowest BCUT2D eigenvalue weighted by Crippen LogP contribution is -2.19. The molecule has 0 spiro atoms. The molecule has 104 valence electrons. The maximum atomic E-state index is 11.9. The second-order valence-corrected chi connectivity index (χ2v) is 4.58. The van der Waals surface area contributed by atoms with Crippen LogP contribution in [-0.4, -0.2) is 31.1 Å². The summed E-state index contributed by atoms with van der Waals surface area (Å²) in [6, 6.07) is 0. The third-order valence-corrected chi connectivity index (χ3v) is 2.95. The van der Waals surface area contributed by atoms with Crippen LogP contribution in [0.5, 0.6) is 0 Å². The van der Waals surface area contributed by atoms with Gasteiger partial charge >= 0.3 is 11.9 Å². The van der Waals surface area contributed by atoms with Crippen LogP contribution in [-0.2, 0) is 9.47 Å². The minimum atomic E-state index is -0.487. The summed E-state index contributed by atoms with van der Waals surface area (Å²) >= 11 is 0. The summed E-state index contributed by atoms with van der Waals surface area (Å²) in [6.45, 7) is 7.28. The van der Waals surface area contributed by atoms with Crippen LogP contribution in [0.15, 0.2) is 0 Å². The number of methoxy groups -OCH3 is 2. The van der Waals surface area contributed by atoms with Crippen LogP contribution in [0.1, 0.15) is 57.4 Å². The fraction of sp³-hybridized carbons (Fsp3) is 0.500. The number of rotatable bonds is 3. The van der Waals surface area contributed by atoms with E-state index in [0.29, 0.717) is 28.1 Å². The van der Waals surface area contributed by atoms with Crippen LogP contribution in [0.2, 0.25) is 0 Å². The molecule has 0 unspecified atom stereocenters. The molecule has 0 N–H and O–H groups in total. The molecule has 0 aliphatic heterocycles. The summed E-state index contributed by atoms with van der Waals surface area (Å²) in [5.74, 6) is -0.999. The smallest absolute Gasteiger partial charge is 0.340 e. The first-order valence-electron chi connectivity index (χ1n) is 6.02. The van der Waals surface area contributed by atoms with Gasteiger partial charge in [0.15, 0.2) is 0 Å². The Kier molecular flexibility index (Phi) is 4.64. The Balaban J connectivity index is 3.73. The van der Waals surface area contributed by atoms with Gasteiger partial charge in [-0.3, -0.25) is 4.98 Å². The van der Waals surface area contributed by atoms with Gasteiger partial charge in [-0.2, -0.15) is 0 Å². The lowest BCUT2D eigenvalue weighted by Gasteiger charge is -2.18. The summed E-state index contributed by atoms with van der Waals surface area (Å²) in [6.07, 6.45) is 0. The number of aryl methyl sites for hydroxylation is 2. The molecule has 0 amide bonds. The molecule has 0 saturated carbocycles. The molecule has 0 radical (unpaired) electrons. The fourth-order valence-electron chi connectivity index (χ4n) is 2.17. The number of ether oxygens (including phenoxy) is 2. The van der Waals surface area contributed by atoms with E-state index in [1.165, 1.54) is 14.2 Å². The third-order valence-electron chi connectivity index (χ3n) is 2.95. The van der Waals surface area contributed by atoms with Gasteiger partial charge in [0.2, 0.25) is 0 Å². The standard InChI is InChI=1S/C14H19NO4/c1-7(2)10-11(13(16)18-5)8(3)15-9(4)12(10)14(17)19-6/h7H,1-6H3. The van der Waals surface area contributed by atoms with Gasteiger partial charge in [0, 0.05) is 0 Å². The fourth-order valence-corrected chi connectivity index (χ4v) is 2.17. The Morgan fingerprint density at radius 1 is 0.947 bits per heavy atom. The van der Waals surface area contributed by atoms with Crippen LogP contribution in [0.4, 0.5) is 0 Å². The highest BCUT2D eigenvalue weighted by molar-refractivity contribution is 5.99. The predicted octanol–water partition coefficient (Wildman–Crippen LogP) is 2.40. The van der Waals surface area contributed by atoms with E-state index in [1.807, 2.05) is 13.8 Å². The molecular weight excluding hydrogens is 246 g/mol. The highest BCUT2D eigenvalue weighted by Gasteiger charge is 2.27. The highest BCUT2D eigenvalue weighted by Crippen LogP contribution is 2.28. The minimum absolute atomic E-state index is 0.0244. The minimum Gasteiger partial charge on any atom is -0.465 e. The number of hydrogen-bond acceptors (Lipinski definition) is 5. The van der Waals surface area contributed by atoms with Crippen molar-refractivity contribution >= 4 is 11.9 Å². The van der Waals surface area contributed by atoms with Gasteiger partial charge in [-0.25, -0.2) is 9.59 Å². The second kappa shape index (κ2) is 5.82. The van der Waals surface area contributed by atoms with Crippen molar-refractivity contribution < 1.29 is 19.1 Å². The number of pyridine rings is 1. The van der Waals surface area contributed by atoms with Gasteiger partial charge in [0.05, 0.1) is 36.7 Å². The first-order chi connectivity index (χ1) is 8.84. The second-order valence-electron chi connectivity index (χ2n) is 4.58. The lowest BCUT2D eigenvalue weighted by molar-refractivity contribution is 0.0593. The maximum Gasteiger partial charge on any atom is 0.340 e. The monoisotopic (exact) mass is 265 g/mol. The largest absolute Gasteiger partial charge is 0.465 e. The summed E-state index contributed by atoms with van der Waals surface area (Å²) in [5.41, 5.74) is 2.44. The van der Waals surface area contributed by atoms with Crippen LogP contribution in [0.3, 0.4) is 0 Å². The van der Waals surface area contributed by atoms with E-state index in [2.05, 4.69) is 4.98 Å². The Labute approximate surface area is 112 Å². The molecule has 0 fully saturated rings. The van der Waals surface area contributed by atoms with Crippen molar-refractivity contribution in [2.75, 3.05) is 14.2 Å². The van der Waals surface area contributed by atoms with Crippen molar-refractivity contribution in [3.05, 3.63) is 28.1 Å². The molecule has 19 heavy (non-hydrogen) atoms. The van der Waals surface area contributed by atoms with Crippen molar-refractivity contribution in [3.63, 3.8) is 0 Å². The van der Waals surface area contributed by atoms with E-state index in [9.17, 15) is 9.59 Å². The third kappa shape index (κ3) is 2.75. The zero-order valence-electron chi connectivity index (χ0n) is 12.2. The summed E-state index contributed by atoms with van der Waals surface area (Å²) in [7, 11) is 2.62. The van der Waals surface area contributed by atoms with Gasteiger partial charge in [0.25, 0.3) is 0 Å². The quantitative estimate of drug-likeness (QED) is 0.785. The van der Waals surface area contributed by atoms with E-state index >= 15 is 0 Å². The SMILES string of the molecule is COC(=O)c1c(C)nc(C)c(C(=O)OC)c1C(C)C. The van der Waals surface area contributed by atoms with Gasteiger partial charge in [-0.15, -0.1) is 0 Å². The summed E-state index contributed by atoms with van der Waals surface area (Å²) < 4.78 is 9.57. The van der Waals surface area contributed by atoms with Gasteiger partial charge in [-0.1, -0.05) is 13.8 Å². The molecule has 0 saturated heterocycles. The van der Waals surface area contributed by atoms with E-state index < -0.39 is 11.9 Å².